The summed E-state index contributed by atoms with van der Waals surface area (Å²) in [5.41, 5.74) is -2.71. The molecule has 186 valence electrons. The van der Waals surface area contributed by atoms with Crippen molar-refractivity contribution in [2.45, 2.75) is 30.1 Å². The quantitative estimate of drug-likeness (QED) is 0.376. The van der Waals surface area contributed by atoms with Gasteiger partial charge in [-0.2, -0.15) is 26.3 Å². The second-order valence-corrected chi connectivity index (χ2v) is 9.15. The number of halogens is 6. The van der Waals surface area contributed by atoms with Crippen LogP contribution in [-0.4, -0.2) is 19.5 Å². The Balaban J connectivity index is 1.95. The van der Waals surface area contributed by atoms with Gasteiger partial charge in [-0.25, -0.2) is 13.2 Å². The van der Waals surface area contributed by atoms with Crippen molar-refractivity contribution in [3.05, 3.63) is 94.5 Å². The number of hydrogen-bond donors (Lipinski definition) is 2. The number of alkyl halides is 6. The number of rotatable bonds is 7. The third-order valence-electron chi connectivity index (χ3n) is 5.04. The van der Waals surface area contributed by atoms with Crippen LogP contribution in [0.4, 0.5) is 32.0 Å². The minimum absolute atomic E-state index is 0.0502. The van der Waals surface area contributed by atoms with Gasteiger partial charge in [-0.05, 0) is 54.3 Å². The molecule has 0 aromatic heterocycles. The topological polar surface area (TPSA) is 83.5 Å². The highest BCUT2D eigenvalue weighted by Gasteiger charge is 2.38. The first-order chi connectivity index (χ1) is 16.2. The van der Waals surface area contributed by atoms with Gasteiger partial charge < -0.3 is 5.11 Å². The summed E-state index contributed by atoms with van der Waals surface area (Å²) in [6.45, 7) is 0. The van der Waals surface area contributed by atoms with E-state index >= 15 is 0 Å². The number of anilines is 1. The molecule has 0 bridgehead atoms. The van der Waals surface area contributed by atoms with Crippen LogP contribution in [0.5, 0.6) is 0 Å². The number of hydrogen-bond acceptors (Lipinski definition) is 3. The minimum atomic E-state index is -5.21. The molecule has 0 atom stereocenters. The van der Waals surface area contributed by atoms with E-state index < -0.39 is 44.4 Å². The fourth-order valence-electron chi connectivity index (χ4n) is 3.34. The Bertz CT molecular complexity index is 1320. The Morgan fingerprint density at radius 3 is 1.80 bits per heavy atom. The van der Waals surface area contributed by atoms with Gasteiger partial charge in [-0.15, -0.1) is 0 Å². The fourth-order valence-corrected chi connectivity index (χ4v) is 4.51. The number of carbonyl (C=O) groups is 1. The normalized spacial score (nSPS) is 12.4. The number of carboxylic acid groups (broad SMARTS) is 1. The third-order valence-corrected chi connectivity index (χ3v) is 6.39. The molecule has 0 aliphatic rings. The maximum Gasteiger partial charge on any atom is 0.416 e. The van der Waals surface area contributed by atoms with Crippen LogP contribution < -0.4 is 4.72 Å². The summed E-state index contributed by atoms with van der Waals surface area (Å²) in [7, 11) is -4.85. The van der Waals surface area contributed by atoms with E-state index in [1.165, 1.54) is 24.3 Å². The average Bonchev–Trinajstić information content (AvgIpc) is 2.77. The zero-order chi connectivity index (χ0) is 26.0. The van der Waals surface area contributed by atoms with Crippen LogP contribution in [0.25, 0.3) is 0 Å². The van der Waals surface area contributed by atoms with E-state index in [1.54, 1.807) is 24.3 Å². The van der Waals surface area contributed by atoms with Crippen molar-refractivity contribution in [1.29, 1.82) is 0 Å². The summed E-state index contributed by atoms with van der Waals surface area (Å²) < 4.78 is 107. The van der Waals surface area contributed by atoms with Crippen molar-refractivity contribution >= 4 is 21.7 Å². The molecule has 0 amide bonds. The second kappa shape index (κ2) is 9.61. The summed E-state index contributed by atoms with van der Waals surface area (Å²) >= 11 is 0. The number of benzene rings is 3. The van der Waals surface area contributed by atoms with Gasteiger partial charge in [0.15, 0.2) is 0 Å². The number of nitrogens with one attached hydrogen (secondary N) is 1. The van der Waals surface area contributed by atoms with E-state index in [0.29, 0.717) is 11.1 Å². The molecule has 0 saturated carbocycles. The van der Waals surface area contributed by atoms with Gasteiger partial charge in [-0.1, -0.05) is 36.4 Å². The summed E-state index contributed by atoms with van der Waals surface area (Å²) in [6, 6.07) is 12.0. The standard InChI is InChI=1S/C23H17F6NO4S/c24-22(25,26)16-11-17(23(27,28)29)13-18(12-16)35(33,34)30-20-8-4-2-6-15(20)10-9-14-5-1-3-7-19(14)21(31)32/h1-8,11-13,30H,9-10H2,(H,31,32). The first kappa shape index (κ1) is 26.1. The molecule has 0 fully saturated rings. The van der Waals surface area contributed by atoms with Gasteiger partial charge in [0.1, 0.15) is 0 Å². The Morgan fingerprint density at radius 2 is 1.26 bits per heavy atom. The smallest absolute Gasteiger partial charge is 0.416 e. The molecule has 0 heterocycles. The van der Waals surface area contributed by atoms with Crippen LogP contribution >= 0.6 is 0 Å². The van der Waals surface area contributed by atoms with E-state index in [4.69, 9.17) is 0 Å². The molecule has 0 spiro atoms. The zero-order valence-electron chi connectivity index (χ0n) is 17.6. The van der Waals surface area contributed by atoms with Gasteiger partial charge in [0.2, 0.25) is 0 Å². The molecule has 0 radical (unpaired) electrons. The highest BCUT2D eigenvalue weighted by molar-refractivity contribution is 7.92. The maximum absolute atomic E-state index is 13.1. The summed E-state index contributed by atoms with van der Waals surface area (Å²) in [5.74, 6) is -1.15. The summed E-state index contributed by atoms with van der Waals surface area (Å²) in [5, 5.41) is 9.30. The second-order valence-electron chi connectivity index (χ2n) is 7.47. The first-order valence-electron chi connectivity index (χ1n) is 9.90. The lowest BCUT2D eigenvalue weighted by molar-refractivity contribution is -0.143. The zero-order valence-corrected chi connectivity index (χ0v) is 18.4. The molecule has 0 unspecified atom stereocenters. The van der Waals surface area contributed by atoms with E-state index in [0.717, 1.165) is 0 Å². The van der Waals surface area contributed by atoms with Crippen LogP contribution in [0.15, 0.2) is 71.6 Å². The lowest BCUT2D eigenvalue weighted by Crippen LogP contribution is -2.18. The molecule has 12 heteroatoms. The predicted octanol–water partition coefficient (Wildman–Crippen LogP) is 6.01. The summed E-state index contributed by atoms with van der Waals surface area (Å²) in [4.78, 5) is 10.2. The lowest BCUT2D eigenvalue weighted by atomic mass is 9.99. The van der Waals surface area contributed by atoms with Gasteiger partial charge in [0, 0.05) is 0 Å². The number of aryl methyl sites for hydroxylation is 2. The van der Waals surface area contributed by atoms with E-state index in [1.807, 2.05) is 0 Å². The molecule has 0 aliphatic carbocycles. The van der Waals surface area contributed by atoms with Gasteiger partial charge in [0.25, 0.3) is 10.0 Å². The van der Waals surface area contributed by atoms with Crippen molar-refractivity contribution in [3.8, 4) is 0 Å². The van der Waals surface area contributed by atoms with Gasteiger partial charge in [0.05, 0.1) is 27.3 Å². The number of carboxylic acids is 1. The van der Waals surface area contributed by atoms with Crippen LogP contribution in [-0.2, 0) is 35.2 Å². The van der Waals surface area contributed by atoms with Crippen molar-refractivity contribution in [2.24, 2.45) is 0 Å². The molecule has 35 heavy (non-hydrogen) atoms. The monoisotopic (exact) mass is 517 g/mol. The van der Waals surface area contributed by atoms with Crippen LogP contribution in [0, 0.1) is 0 Å². The molecule has 2 N–H and O–H groups in total. The lowest BCUT2D eigenvalue weighted by Gasteiger charge is -2.16. The molecule has 0 saturated heterocycles. The molecule has 0 aliphatic heterocycles. The minimum Gasteiger partial charge on any atom is -0.478 e. The van der Waals surface area contributed by atoms with Crippen molar-refractivity contribution < 1.29 is 44.7 Å². The molecule has 3 aromatic rings. The van der Waals surface area contributed by atoms with Gasteiger partial charge in [-0.3, -0.25) is 4.72 Å². The van der Waals surface area contributed by atoms with E-state index in [2.05, 4.69) is 4.72 Å². The number of para-hydroxylation sites is 1. The average molecular weight is 517 g/mol. The third kappa shape index (κ3) is 6.32. The fraction of sp³-hybridized carbons (Fsp3) is 0.174. The van der Waals surface area contributed by atoms with Crippen molar-refractivity contribution in [1.82, 2.24) is 0 Å². The first-order valence-corrected chi connectivity index (χ1v) is 11.4. The molecule has 3 rings (SSSR count). The van der Waals surface area contributed by atoms with E-state index in [9.17, 15) is 44.7 Å². The largest absolute Gasteiger partial charge is 0.478 e. The molecule has 3 aromatic carbocycles. The Morgan fingerprint density at radius 1 is 0.771 bits per heavy atom. The Labute approximate surface area is 196 Å². The Kier molecular flexibility index (Phi) is 7.16. The highest BCUT2D eigenvalue weighted by atomic mass is 32.2. The Hall–Kier alpha value is -3.54. The highest BCUT2D eigenvalue weighted by Crippen LogP contribution is 2.37. The number of sulfonamides is 1. The van der Waals surface area contributed by atoms with E-state index in [-0.39, 0.29) is 42.3 Å². The van der Waals surface area contributed by atoms with Crippen molar-refractivity contribution in [2.75, 3.05) is 4.72 Å². The summed E-state index contributed by atoms with van der Waals surface area (Å²) in [6.07, 6.45) is -10.1. The SMILES string of the molecule is O=C(O)c1ccccc1CCc1ccccc1NS(=O)(=O)c1cc(C(F)(F)F)cc(C(F)(F)F)c1. The van der Waals surface area contributed by atoms with Gasteiger partial charge >= 0.3 is 18.3 Å². The molecular weight excluding hydrogens is 500 g/mol. The van der Waals surface area contributed by atoms with Crippen LogP contribution in [0.3, 0.4) is 0 Å². The predicted molar refractivity (Wildman–Crippen MR) is 115 cm³/mol. The molecule has 5 nitrogen and oxygen atoms in total. The van der Waals surface area contributed by atoms with Crippen molar-refractivity contribution in [3.63, 3.8) is 0 Å². The van der Waals surface area contributed by atoms with Crippen LogP contribution in [0.1, 0.15) is 32.6 Å². The number of aromatic carboxylic acids is 1. The maximum atomic E-state index is 13.1. The molecular formula is C23H17F6NO4S. The van der Waals surface area contributed by atoms with Crippen LogP contribution in [0.2, 0.25) is 0 Å².